The Hall–Kier alpha value is -1.06. The average molecular weight is 166 g/mol. The molecule has 0 bridgehead atoms. The van der Waals surface area contributed by atoms with Gasteiger partial charge in [0.05, 0.1) is 7.18 Å². The number of hydrogen-bond acceptors (Lipinski definition) is 0. The van der Waals surface area contributed by atoms with Crippen LogP contribution in [0.4, 0.5) is 17.6 Å². The quantitative estimate of drug-likeness (QED) is 0.410. The van der Waals surface area contributed by atoms with Crippen LogP contribution in [0.2, 0.25) is 0 Å². The lowest BCUT2D eigenvalue weighted by molar-refractivity contribution is 0.447. The van der Waals surface area contributed by atoms with Crippen LogP contribution in [-0.2, 0) is 0 Å². The molecule has 11 heavy (non-hydrogen) atoms. The van der Waals surface area contributed by atoms with Crippen LogP contribution in [0.5, 0.6) is 0 Å². The molecular formula is C7H6F4. The highest BCUT2D eigenvalue weighted by Gasteiger charge is 2.04. The van der Waals surface area contributed by atoms with E-state index in [-0.39, 0.29) is 0 Å². The number of benzene rings is 1. The molecule has 0 unspecified atom stereocenters. The molecule has 1 rings (SSSR count). The Morgan fingerprint density at radius 1 is 0.909 bits per heavy atom. The highest BCUT2D eigenvalue weighted by Crippen LogP contribution is 2.07. The molecule has 0 saturated heterocycles. The van der Waals surface area contributed by atoms with Gasteiger partial charge >= 0.3 is 0 Å². The van der Waals surface area contributed by atoms with E-state index in [4.69, 9.17) is 0 Å². The molecule has 0 aliphatic rings. The monoisotopic (exact) mass is 166 g/mol. The van der Waals surface area contributed by atoms with Gasteiger partial charge in [-0.15, -0.1) is 0 Å². The van der Waals surface area contributed by atoms with E-state index in [1.165, 1.54) is 0 Å². The van der Waals surface area contributed by atoms with Crippen molar-refractivity contribution in [3.63, 3.8) is 0 Å². The highest BCUT2D eigenvalue weighted by atomic mass is 19.2. The van der Waals surface area contributed by atoms with Gasteiger partial charge < -0.3 is 0 Å². The van der Waals surface area contributed by atoms with E-state index in [1.807, 2.05) is 0 Å². The summed E-state index contributed by atoms with van der Waals surface area (Å²) in [5, 5.41) is 0. The molecule has 0 nitrogen and oxygen atoms in total. The van der Waals surface area contributed by atoms with Crippen LogP contribution in [-0.4, -0.2) is 7.18 Å². The van der Waals surface area contributed by atoms with Gasteiger partial charge in [0, 0.05) is 0 Å². The Bertz CT molecular complexity index is 201. The van der Waals surface area contributed by atoms with Gasteiger partial charge in [-0.2, -0.15) is 0 Å². The summed E-state index contributed by atoms with van der Waals surface area (Å²) in [6, 6.07) is 2.82. The molecular weight excluding hydrogens is 160 g/mol. The first kappa shape index (κ1) is 9.94. The van der Waals surface area contributed by atoms with E-state index in [1.54, 1.807) is 0 Å². The minimum absolute atomic E-state index is 0.500. The topological polar surface area (TPSA) is 0 Å². The first-order valence-corrected chi connectivity index (χ1v) is 2.69. The second-order valence-electron chi connectivity index (χ2n) is 1.54. The summed E-state index contributed by atoms with van der Waals surface area (Å²) in [5.41, 5.74) is 0. The first-order valence-electron chi connectivity index (χ1n) is 2.69. The normalized spacial score (nSPS) is 8.45. The van der Waals surface area contributed by atoms with Gasteiger partial charge in [0.1, 0.15) is 0 Å². The summed E-state index contributed by atoms with van der Waals surface area (Å²) in [5.74, 6) is -3.73. The van der Waals surface area contributed by atoms with Crippen molar-refractivity contribution >= 4 is 0 Å². The predicted molar refractivity (Wildman–Crippen MR) is 33.3 cm³/mol. The third-order valence-electron chi connectivity index (χ3n) is 0.904. The van der Waals surface area contributed by atoms with Crippen molar-refractivity contribution in [3.8, 4) is 0 Å². The Morgan fingerprint density at radius 3 is 1.55 bits per heavy atom. The molecule has 0 heterocycles. The van der Waals surface area contributed by atoms with Crippen LogP contribution in [0.1, 0.15) is 0 Å². The molecule has 0 aliphatic carbocycles. The predicted octanol–water partition coefficient (Wildman–Crippen LogP) is 2.69. The van der Waals surface area contributed by atoms with Crippen molar-refractivity contribution in [1.29, 1.82) is 0 Å². The number of rotatable bonds is 0. The molecule has 0 atom stereocenters. The van der Waals surface area contributed by atoms with E-state index in [2.05, 4.69) is 0 Å². The van der Waals surface area contributed by atoms with Gasteiger partial charge in [-0.3, -0.25) is 4.39 Å². The molecule has 1 aromatic carbocycles. The molecule has 0 spiro atoms. The van der Waals surface area contributed by atoms with Gasteiger partial charge in [-0.25, -0.2) is 13.2 Å². The van der Waals surface area contributed by atoms with Crippen LogP contribution in [0, 0.1) is 17.5 Å². The molecule has 0 saturated carbocycles. The minimum atomic E-state index is -1.42. The van der Waals surface area contributed by atoms with Crippen molar-refractivity contribution < 1.29 is 17.6 Å². The van der Waals surface area contributed by atoms with E-state index < -0.39 is 17.5 Å². The summed E-state index contributed by atoms with van der Waals surface area (Å²) in [4.78, 5) is 0. The zero-order valence-electron chi connectivity index (χ0n) is 5.74. The Morgan fingerprint density at radius 2 is 1.27 bits per heavy atom. The zero-order valence-corrected chi connectivity index (χ0v) is 5.74. The van der Waals surface area contributed by atoms with Crippen molar-refractivity contribution in [2.75, 3.05) is 7.18 Å². The Balaban J connectivity index is 0.000000461. The van der Waals surface area contributed by atoms with Gasteiger partial charge in [0.2, 0.25) is 0 Å². The largest absolute Gasteiger partial charge is 0.255 e. The molecule has 1 aromatic rings. The van der Waals surface area contributed by atoms with Crippen molar-refractivity contribution in [2.24, 2.45) is 0 Å². The zero-order chi connectivity index (χ0) is 8.85. The average Bonchev–Trinajstić information content (AvgIpc) is 2.04. The van der Waals surface area contributed by atoms with E-state index in [0.717, 1.165) is 18.2 Å². The van der Waals surface area contributed by atoms with E-state index >= 15 is 0 Å². The molecule has 0 fully saturated rings. The number of halogens is 4. The highest BCUT2D eigenvalue weighted by molar-refractivity contribution is 5.07. The van der Waals surface area contributed by atoms with Gasteiger partial charge in [-0.05, 0) is 12.1 Å². The lowest BCUT2D eigenvalue weighted by Crippen LogP contribution is -1.86. The number of hydrogen-bond donors (Lipinski definition) is 0. The lowest BCUT2D eigenvalue weighted by atomic mass is 10.3. The molecule has 0 amide bonds. The van der Waals surface area contributed by atoms with Crippen LogP contribution in [0.3, 0.4) is 0 Å². The summed E-state index contributed by atoms with van der Waals surface area (Å²) in [6.45, 7) is 0. The van der Waals surface area contributed by atoms with Crippen LogP contribution in [0.15, 0.2) is 18.2 Å². The SMILES string of the molecule is CF.Fc1cccc(F)c1F. The molecule has 0 aliphatic heterocycles. The van der Waals surface area contributed by atoms with Crippen molar-refractivity contribution in [3.05, 3.63) is 35.7 Å². The van der Waals surface area contributed by atoms with Gasteiger partial charge in [0.25, 0.3) is 0 Å². The van der Waals surface area contributed by atoms with Crippen LogP contribution < -0.4 is 0 Å². The molecule has 0 N–H and O–H groups in total. The Labute approximate surface area is 61.5 Å². The minimum Gasteiger partial charge on any atom is -0.255 e. The fourth-order valence-corrected chi connectivity index (χ4v) is 0.477. The fraction of sp³-hybridized carbons (Fsp3) is 0.143. The van der Waals surface area contributed by atoms with Gasteiger partial charge in [-0.1, -0.05) is 6.07 Å². The van der Waals surface area contributed by atoms with Gasteiger partial charge in [0.15, 0.2) is 17.5 Å². The second-order valence-corrected chi connectivity index (χ2v) is 1.54. The van der Waals surface area contributed by atoms with Crippen molar-refractivity contribution in [2.45, 2.75) is 0 Å². The summed E-state index contributed by atoms with van der Waals surface area (Å²) < 4.78 is 45.4. The molecule has 0 radical (unpaired) electrons. The van der Waals surface area contributed by atoms with Crippen LogP contribution in [0.25, 0.3) is 0 Å². The maximum Gasteiger partial charge on any atom is 0.194 e. The van der Waals surface area contributed by atoms with Crippen LogP contribution >= 0.6 is 0 Å². The molecule has 4 heteroatoms. The maximum absolute atomic E-state index is 12.0. The third kappa shape index (κ3) is 2.57. The van der Waals surface area contributed by atoms with E-state index in [0.29, 0.717) is 7.18 Å². The smallest absolute Gasteiger partial charge is 0.194 e. The summed E-state index contributed by atoms with van der Waals surface area (Å²) >= 11 is 0. The summed E-state index contributed by atoms with van der Waals surface area (Å²) in [6.07, 6.45) is 0. The van der Waals surface area contributed by atoms with Crippen molar-refractivity contribution in [1.82, 2.24) is 0 Å². The second kappa shape index (κ2) is 4.71. The summed E-state index contributed by atoms with van der Waals surface area (Å²) in [7, 11) is 0.500. The van der Waals surface area contributed by atoms with E-state index in [9.17, 15) is 17.6 Å². The Kier molecular flexibility index (Phi) is 4.26. The fourth-order valence-electron chi connectivity index (χ4n) is 0.477. The third-order valence-corrected chi connectivity index (χ3v) is 0.904. The standard InChI is InChI=1S/C6H3F3.CH3F/c7-4-2-1-3-5(8)6(4)9;1-2/h1-3H;1H3. The number of alkyl halides is 1. The molecule has 0 aromatic heterocycles. The first-order chi connectivity index (χ1) is 5.22. The lowest BCUT2D eigenvalue weighted by Gasteiger charge is -1.90. The maximum atomic E-state index is 12.0. The molecule has 62 valence electrons.